The molecule has 1 aromatic heterocycles. The minimum absolute atomic E-state index is 0.0626. The summed E-state index contributed by atoms with van der Waals surface area (Å²) in [4.78, 5) is 12.5. The molecule has 0 unspecified atom stereocenters. The number of thioether (sulfide) groups is 1. The first-order chi connectivity index (χ1) is 18.0. The van der Waals surface area contributed by atoms with Crippen LogP contribution in [0.4, 0.5) is 0 Å². The number of methoxy groups -OCH3 is 3. The highest BCUT2D eigenvalue weighted by atomic mass is 32.2. The Hall–Kier alpha value is -4.51. The minimum Gasteiger partial charge on any atom is -0.502 e. The number of para-hydroxylation sites is 1. The van der Waals surface area contributed by atoms with Crippen LogP contribution in [0.3, 0.4) is 0 Å². The molecule has 4 rings (SSSR count). The van der Waals surface area contributed by atoms with Gasteiger partial charge in [-0.3, -0.25) is 9.36 Å². The first-order valence-corrected chi connectivity index (χ1v) is 12.1. The zero-order valence-electron chi connectivity index (χ0n) is 20.4. The Bertz CT molecular complexity index is 1370. The number of amides is 1. The molecule has 0 bridgehead atoms. The third kappa shape index (κ3) is 6.01. The Morgan fingerprint density at radius 1 is 1.00 bits per heavy atom. The van der Waals surface area contributed by atoms with Gasteiger partial charge in [-0.1, -0.05) is 30.0 Å². The summed E-state index contributed by atoms with van der Waals surface area (Å²) in [5, 5.41) is 23.3. The number of rotatable bonds is 10. The Labute approximate surface area is 217 Å². The number of phenols is 1. The van der Waals surface area contributed by atoms with Crippen molar-refractivity contribution in [3.05, 3.63) is 72.3 Å². The smallest absolute Gasteiger partial charge is 0.250 e. The number of hydrazone groups is 1. The minimum atomic E-state index is -0.326. The fourth-order valence-corrected chi connectivity index (χ4v) is 4.17. The predicted octanol–water partition coefficient (Wildman–Crippen LogP) is 3.91. The zero-order chi connectivity index (χ0) is 26.2. The molecule has 1 amide bonds. The normalized spacial score (nSPS) is 10.9. The van der Waals surface area contributed by atoms with E-state index in [1.54, 1.807) is 19.2 Å². The van der Waals surface area contributed by atoms with Crippen molar-refractivity contribution in [2.45, 2.75) is 5.16 Å². The molecular weight excluding hydrogens is 494 g/mol. The first-order valence-electron chi connectivity index (χ1n) is 11.1. The average molecular weight is 520 g/mol. The van der Waals surface area contributed by atoms with Crippen LogP contribution in [0.25, 0.3) is 17.1 Å². The molecule has 0 aliphatic carbocycles. The van der Waals surface area contributed by atoms with Crippen LogP contribution in [0.1, 0.15) is 5.56 Å². The number of ether oxygens (including phenoxy) is 3. The lowest BCUT2D eigenvalue weighted by atomic mass is 10.2. The summed E-state index contributed by atoms with van der Waals surface area (Å²) in [5.74, 6) is 1.47. The second-order valence-electron chi connectivity index (χ2n) is 7.56. The number of phenolic OH excluding ortho intramolecular Hbond substituents is 1. The zero-order valence-corrected chi connectivity index (χ0v) is 21.2. The standard InChI is InChI=1S/C26H25N5O5S/c1-34-20-11-9-18(10-12-20)25-29-30-26(31(25)19-7-5-4-6-8-19)37-16-23(32)28-27-15-17-13-21(35-2)24(33)22(14-17)36-3/h4-15,33H,16H2,1-3H3,(H,28,32). The molecule has 0 fully saturated rings. The number of hydrogen-bond donors (Lipinski definition) is 2. The summed E-state index contributed by atoms with van der Waals surface area (Å²) in [7, 11) is 4.48. The molecule has 190 valence electrons. The van der Waals surface area contributed by atoms with Crippen LogP contribution in [0, 0.1) is 0 Å². The molecule has 37 heavy (non-hydrogen) atoms. The summed E-state index contributed by atoms with van der Waals surface area (Å²) in [6.07, 6.45) is 1.43. The number of carbonyl (C=O) groups is 1. The Morgan fingerprint density at radius 2 is 1.68 bits per heavy atom. The molecule has 10 nitrogen and oxygen atoms in total. The van der Waals surface area contributed by atoms with E-state index in [2.05, 4.69) is 20.7 Å². The van der Waals surface area contributed by atoms with E-state index in [1.807, 2.05) is 59.2 Å². The Balaban J connectivity index is 1.48. The van der Waals surface area contributed by atoms with Gasteiger partial charge in [-0.25, -0.2) is 5.43 Å². The van der Waals surface area contributed by atoms with Gasteiger partial charge in [0.05, 0.1) is 33.3 Å². The molecule has 2 N–H and O–H groups in total. The highest BCUT2D eigenvalue weighted by Crippen LogP contribution is 2.36. The summed E-state index contributed by atoms with van der Waals surface area (Å²) < 4.78 is 17.4. The van der Waals surface area contributed by atoms with Crippen molar-refractivity contribution >= 4 is 23.9 Å². The van der Waals surface area contributed by atoms with Crippen LogP contribution in [-0.2, 0) is 4.79 Å². The lowest BCUT2D eigenvalue weighted by molar-refractivity contribution is -0.118. The lowest BCUT2D eigenvalue weighted by Crippen LogP contribution is -2.20. The number of hydrogen-bond acceptors (Lipinski definition) is 9. The van der Waals surface area contributed by atoms with E-state index in [9.17, 15) is 9.90 Å². The molecule has 0 saturated carbocycles. The van der Waals surface area contributed by atoms with Crippen LogP contribution in [0.5, 0.6) is 23.0 Å². The Kier molecular flexibility index (Phi) is 8.26. The van der Waals surface area contributed by atoms with Crippen molar-refractivity contribution in [3.63, 3.8) is 0 Å². The highest BCUT2D eigenvalue weighted by Gasteiger charge is 2.17. The van der Waals surface area contributed by atoms with E-state index < -0.39 is 0 Å². The average Bonchev–Trinajstić information content (AvgIpc) is 3.37. The molecule has 1 heterocycles. The maximum atomic E-state index is 12.5. The van der Waals surface area contributed by atoms with Gasteiger partial charge in [0.25, 0.3) is 5.91 Å². The van der Waals surface area contributed by atoms with Crippen LogP contribution in [0.2, 0.25) is 0 Å². The quantitative estimate of drug-likeness (QED) is 0.184. The van der Waals surface area contributed by atoms with E-state index in [1.165, 1.54) is 32.2 Å². The number of benzene rings is 3. The summed E-state index contributed by atoms with van der Waals surface area (Å²) >= 11 is 1.24. The highest BCUT2D eigenvalue weighted by molar-refractivity contribution is 7.99. The number of aromatic hydroxyl groups is 1. The molecule has 11 heteroatoms. The molecular formula is C26H25N5O5S. The van der Waals surface area contributed by atoms with Crippen molar-refractivity contribution in [1.29, 1.82) is 0 Å². The predicted molar refractivity (Wildman–Crippen MR) is 141 cm³/mol. The van der Waals surface area contributed by atoms with Crippen molar-refractivity contribution in [2.24, 2.45) is 5.10 Å². The number of nitrogens with zero attached hydrogens (tertiary/aromatic N) is 4. The van der Waals surface area contributed by atoms with E-state index in [4.69, 9.17) is 14.2 Å². The van der Waals surface area contributed by atoms with E-state index >= 15 is 0 Å². The van der Waals surface area contributed by atoms with Crippen LogP contribution < -0.4 is 19.6 Å². The molecule has 0 atom stereocenters. The number of carbonyl (C=O) groups excluding carboxylic acids is 1. The van der Waals surface area contributed by atoms with Crippen molar-refractivity contribution < 1.29 is 24.1 Å². The van der Waals surface area contributed by atoms with Gasteiger partial charge < -0.3 is 19.3 Å². The third-order valence-electron chi connectivity index (χ3n) is 5.23. The molecule has 0 saturated heterocycles. The lowest BCUT2D eigenvalue weighted by Gasteiger charge is -2.10. The molecule has 0 aliphatic heterocycles. The summed E-state index contributed by atoms with van der Waals surface area (Å²) in [6, 6.07) is 20.4. The van der Waals surface area contributed by atoms with Crippen LogP contribution in [0.15, 0.2) is 77.0 Å². The monoisotopic (exact) mass is 519 g/mol. The van der Waals surface area contributed by atoms with Gasteiger partial charge in [0.2, 0.25) is 5.75 Å². The van der Waals surface area contributed by atoms with E-state index in [-0.39, 0.29) is 28.9 Å². The van der Waals surface area contributed by atoms with Gasteiger partial charge in [-0.15, -0.1) is 10.2 Å². The van der Waals surface area contributed by atoms with Gasteiger partial charge in [0.15, 0.2) is 22.5 Å². The fraction of sp³-hybridized carbons (Fsp3) is 0.154. The second-order valence-corrected chi connectivity index (χ2v) is 8.50. The van der Waals surface area contributed by atoms with Crippen molar-refractivity contribution in [1.82, 2.24) is 20.2 Å². The van der Waals surface area contributed by atoms with Crippen molar-refractivity contribution in [2.75, 3.05) is 27.1 Å². The Morgan fingerprint density at radius 3 is 2.30 bits per heavy atom. The fourth-order valence-electron chi connectivity index (χ4n) is 3.43. The number of nitrogens with one attached hydrogen (secondary N) is 1. The molecule has 0 aliphatic rings. The topological polar surface area (TPSA) is 120 Å². The maximum absolute atomic E-state index is 12.5. The van der Waals surface area contributed by atoms with Gasteiger partial charge in [0.1, 0.15) is 5.75 Å². The molecule has 4 aromatic rings. The van der Waals surface area contributed by atoms with Gasteiger partial charge in [-0.2, -0.15) is 5.10 Å². The van der Waals surface area contributed by atoms with Crippen LogP contribution >= 0.6 is 11.8 Å². The summed E-state index contributed by atoms with van der Waals surface area (Å²) in [5.41, 5.74) is 4.80. The van der Waals surface area contributed by atoms with Crippen LogP contribution in [-0.4, -0.2) is 59.1 Å². The maximum Gasteiger partial charge on any atom is 0.250 e. The van der Waals surface area contributed by atoms with Gasteiger partial charge in [0, 0.05) is 16.8 Å². The van der Waals surface area contributed by atoms with Crippen molar-refractivity contribution in [3.8, 4) is 40.1 Å². The summed E-state index contributed by atoms with van der Waals surface area (Å²) in [6.45, 7) is 0. The molecule has 3 aromatic carbocycles. The molecule has 0 radical (unpaired) electrons. The first kappa shape index (κ1) is 25.6. The van der Waals surface area contributed by atoms with Gasteiger partial charge in [-0.05, 0) is 48.5 Å². The second kappa shape index (κ2) is 12.0. The van der Waals surface area contributed by atoms with E-state index in [0.717, 1.165) is 17.0 Å². The largest absolute Gasteiger partial charge is 0.502 e. The SMILES string of the molecule is COc1ccc(-c2nnc(SCC(=O)NN=Cc3cc(OC)c(O)c(OC)c3)n2-c2ccccc2)cc1. The van der Waals surface area contributed by atoms with Gasteiger partial charge >= 0.3 is 0 Å². The number of aromatic nitrogens is 3. The third-order valence-corrected chi connectivity index (χ3v) is 6.16. The van der Waals surface area contributed by atoms with E-state index in [0.29, 0.717) is 16.5 Å². The molecule has 0 spiro atoms.